The molecule has 0 bridgehead atoms. The molecule has 0 fully saturated rings. The Kier molecular flexibility index (Phi) is 7.56. The van der Waals surface area contributed by atoms with Gasteiger partial charge in [-0.3, -0.25) is 4.79 Å². The lowest BCUT2D eigenvalue weighted by atomic mass is 10.3. The van der Waals surface area contributed by atoms with Gasteiger partial charge in [0, 0.05) is 17.9 Å². The molecule has 1 heterocycles. The van der Waals surface area contributed by atoms with Crippen LogP contribution in [0.15, 0.2) is 53.7 Å². The van der Waals surface area contributed by atoms with E-state index in [-0.39, 0.29) is 11.7 Å². The van der Waals surface area contributed by atoms with Crippen LogP contribution in [0.25, 0.3) is 0 Å². The van der Waals surface area contributed by atoms with E-state index >= 15 is 0 Å². The van der Waals surface area contributed by atoms with Gasteiger partial charge in [0.15, 0.2) is 11.0 Å². The Hall–Kier alpha value is -3.20. The Labute approximate surface area is 180 Å². The highest BCUT2D eigenvalue weighted by atomic mass is 32.2. The second-order valence-electron chi connectivity index (χ2n) is 6.29. The molecule has 3 rings (SSSR count). The zero-order valence-corrected chi connectivity index (χ0v) is 18.0. The van der Waals surface area contributed by atoms with Crippen LogP contribution >= 0.6 is 11.8 Å². The first-order chi connectivity index (χ1) is 14.6. The lowest BCUT2D eigenvalue weighted by molar-refractivity contribution is -0.113. The van der Waals surface area contributed by atoms with Crippen LogP contribution in [0.2, 0.25) is 0 Å². The van der Waals surface area contributed by atoms with Crippen LogP contribution in [0.4, 0.5) is 11.4 Å². The summed E-state index contributed by atoms with van der Waals surface area (Å²) >= 11 is 1.36. The van der Waals surface area contributed by atoms with E-state index in [2.05, 4.69) is 20.8 Å². The number of nitrogens with zero attached hydrogens (tertiary/aromatic N) is 3. The van der Waals surface area contributed by atoms with Crippen molar-refractivity contribution in [3.8, 4) is 11.5 Å². The summed E-state index contributed by atoms with van der Waals surface area (Å²) < 4.78 is 12.3. The molecule has 3 aromatic rings. The number of carbonyl (C=O) groups is 1. The molecule has 158 valence electrons. The van der Waals surface area contributed by atoms with Gasteiger partial charge in [0.2, 0.25) is 5.91 Å². The van der Waals surface area contributed by atoms with E-state index in [9.17, 15) is 4.79 Å². The average molecular weight is 428 g/mol. The molecule has 0 radical (unpaired) electrons. The van der Waals surface area contributed by atoms with Gasteiger partial charge in [-0.2, -0.15) is 0 Å². The van der Waals surface area contributed by atoms with E-state index < -0.39 is 0 Å². The van der Waals surface area contributed by atoms with Crippen LogP contribution in [0.5, 0.6) is 11.5 Å². The monoisotopic (exact) mass is 427 g/mol. The van der Waals surface area contributed by atoms with E-state index in [0.717, 1.165) is 35.2 Å². The van der Waals surface area contributed by atoms with E-state index in [1.54, 1.807) is 38.5 Å². The summed E-state index contributed by atoms with van der Waals surface area (Å²) in [6.07, 6.45) is 0. The number of hydrogen-bond donors (Lipinski definition) is 2. The van der Waals surface area contributed by atoms with E-state index in [1.807, 2.05) is 35.8 Å². The first-order valence-electron chi connectivity index (χ1n) is 9.49. The molecule has 0 aliphatic heterocycles. The fraction of sp³-hybridized carbons (Fsp3) is 0.286. The van der Waals surface area contributed by atoms with Crippen molar-refractivity contribution in [2.24, 2.45) is 0 Å². The Balaban J connectivity index is 1.54. The van der Waals surface area contributed by atoms with E-state index in [1.165, 1.54) is 11.8 Å². The van der Waals surface area contributed by atoms with Crippen molar-refractivity contribution in [1.29, 1.82) is 0 Å². The van der Waals surface area contributed by atoms with Crippen LogP contribution in [-0.4, -0.2) is 40.6 Å². The van der Waals surface area contributed by atoms with Gasteiger partial charge in [0.25, 0.3) is 0 Å². The first-order valence-corrected chi connectivity index (χ1v) is 10.5. The minimum Gasteiger partial charge on any atom is -0.497 e. The Morgan fingerprint density at radius 1 is 0.967 bits per heavy atom. The Morgan fingerprint density at radius 2 is 1.57 bits per heavy atom. The summed E-state index contributed by atoms with van der Waals surface area (Å²) in [7, 11) is 3.25. The number of anilines is 2. The SMILES string of the molecule is CCn1c(CNc2ccc(OC)cc2)nnc1SCC(=O)Nc1ccc(OC)cc1. The molecule has 0 atom stereocenters. The van der Waals surface area contributed by atoms with Crippen molar-refractivity contribution in [3.63, 3.8) is 0 Å². The van der Waals surface area contributed by atoms with Crippen molar-refractivity contribution < 1.29 is 14.3 Å². The number of hydrogen-bond acceptors (Lipinski definition) is 7. The summed E-state index contributed by atoms with van der Waals surface area (Å²) in [6, 6.07) is 14.9. The normalized spacial score (nSPS) is 10.5. The maximum absolute atomic E-state index is 12.3. The molecule has 0 saturated carbocycles. The number of methoxy groups -OCH3 is 2. The maximum atomic E-state index is 12.3. The van der Waals surface area contributed by atoms with Gasteiger partial charge in [-0.25, -0.2) is 0 Å². The molecule has 0 aliphatic rings. The number of ether oxygens (including phenoxy) is 2. The second-order valence-corrected chi connectivity index (χ2v) is 7.23. The van der Waals surface area contributed by atoms with Gasteiger partial charge < -0.3 is 24.7 Å². The molecule has 30 heavy (non-hydrogen) atoms. The highest BCUT2D eigenvalue weighted by Gasteiger charge is 2.13. The van der Waals surface area contributed by atoms with Crippen LogP contribution in [0, 0.1) is 0 Å². The van der Waals surface area contributed by atoms with Gasteiger partial charge >= 0.3 is 0 Å². The minimum atomic E-state index is -0.103. The van der Waals surface area contributed by atoms with Crippen molar-refractivity contribution in [1.82, 2.24) is 14.8 Å². The standard InChI is InChI=1S/C21H25N5O3S/c1-4-26-19(13-22-15-5-9-17(28-2)10-6-15)24-25-21(26)30-14-20(27)23-16-7-11-18(29-3)12-8-16/h5-12,22H,4,13-14H2,1-3H3,(H,23,27). The molecule has 0 spiro atoms. The van der Waals surface area contributed by atoms with Crippen molar-refractivity contribution in [2.75, 3.05) is 30.6 Å². The lowest BCUT2D eigenvalue weighted by Crippen LogP contribution is -2.15. The smallest absolute Gasteiger partial charge is 0.234 e. The third kappa shape index (κ3) is 5.66. The van der Waals surface area contributed by atoms with Crippen LogP contribution in [-0.2, 0) is 17.9 Å². The fourth-order valence-electron chi connectivity index (χ4n) is 2.77. The number of aromatic nitrogens is 3. The minimum absolute atomic E-state index is 0.103. The molecule has 2 aromatic carbocycles. The molecule has 0 unspecified atom stereocenters. The van der Waals surface area contributed by atoms with Crippen LogP contribution in [0.1, 0.15) is 12.7 Å². The fourth-order valence-corrected chi connectivity index (χ4v) is 3.59. The molecule has 9 heteroatoms. The van der Waals surface area contributed by atoms with Crippen molar-refractivity contribution in [3.05, 3.63) is 54.4 Å². The molecule has 0 aliphatic carbocycles. The molecule has 8 nitrogen and oxygen atoms in total. The number of benzene rings is 2. The second kappa shape index (κ2) is 10.5. The maximum Gasteiger partial charge on any atom is 0.234 e. The van der Waals surface area contributed by atoms with Gasteiger partial charge in [-0.15, -0.1) is 10.2 Å². The number of carbonyl (C=O) groups excluding carboxylic acids is 1. The third-order valence-electron chi connectivity index (χ3n) is 4.36. The average Bonchev–Trinajstić information content (AvgIpc) is 3.19. The zero-order valence-electron chi connectivity index (χ0n) is 17.2. The summed E-state index contributed by atoms with van der Waals surface area (Å²) in [5.74, 6) is 2.51. The molecule has 0 saturated heterocycles. The number of amides is 1. The van der Waals surface area contributed by atoms with Gasteiger partial charge in [0.05, 0.1) is 26.5 Å². The summed E-state index contributed by atoms with van der Waals surface area (Å²) in [5, 5.41) is 15.4. The first kappa shape index (κ1) is 21.5. The lowest BCUT2D eigenvalue weighted by Gasteiger charge is -2.10. The predicted octanol–water partition coefficient (Wildman–Crippen LogP) is 3.66. The Bertz CT molecular complexity index is 958. The summed E-state index contributed by atoms with van der Waals surface area (Å²) in [6.45, 7) is 3.28. The number of thioether (sulfide) groups is 1. The topological polar surface area (TPSA) is 90.3 Å². The molecule has 2 N–H and O–H groups in total. The summed E-state index contributed by atoms with van der Waals surface area (Å²) in [5.41, 5.74) is 1.69. The van der Waals surface area contributed by atoms with Crippen LogP contribution < -0.4 is 20.1 Å². The largest absolute Gasteiger partial charge is 0.497 e. The van der Waals surface area contributed by atoms with Gasteiger partial charge in [0.1, 0.15) is 11.5 Å². The highest BCUT2D eigenvalue weighted by Crippen LogP contribution is 2.20. The van der Waals surface area contributed by atoms with Crippen molar-refractivity contribution in [2.45, 2.75) is 25.2 Å². The summed E-state index contributed by atoms with van der Waals surface area (Å²) in [4.78, 5) is 12.3. The van der Waals surface area contributed by atoms with Gasteiger partial charge in [-0.1, -0.05) is 11.8 Å². The molecular formula is C21H25N5O3S. The number of rotatable bonds is 10. The Morgan fingerprint density at radius 3 is 2.13 bits per heavy atom. The zero-order chi connectivity index (χ0) is 21.3. The predicted molar refractivity (Wildman–Crippen MR) is 118 cm³/mol. The molecule has 1 aromatic heterocycles. The van der Waals surface area contributed by atoms with Crippen LogP contribution in [0.3, 0.4) is 0 Å². The highest BCUT2D eigenvalue weighted by molar-refractivity contribution is 7.99. The number of nitrogens with one attached hydrogen (secondary N) is 2. The molecule has 1 amide bonds. The van der Waals surface area contributed by atoms with Crippen molar-refractivity contribution >= 4 is 29.0 Å². The van der Waals surface area contributed by atoms with E-state index in [4.69, 9.17) is 9.47 Å². The third-order valence-corrected chi connectivity index (χ3v) is 5.32. The van der Waals surface area contributed by atoms with E-state index in [0.29, 0.717) is 11.7 Å². The quantitative estimate of drug-likeness (QED) is 0.477. The van der Waals surface area contributed by atoms with Gasteiger partial charge in [-0.05, 0) is 55.5 Å². The molecular weight excluding hydrogens is 402 g/mol.